The van der Waals surface area contributed by atoms with E-state index in [0.717, 1.165) is 35.2 Å². The van der Waals surface area contributed by atoms with E-state index in [0.29, 0.717) is 0 Å². The van der Waals surface area contributed by atoms with Gasteiger partial charge >= 0.3 is 0 Å². The number of hydrogen-bond donors (Lipinski definition) is 2. The Hall–Kier alpha value is -1.81. The lowest BCUT2D eigenvalue weighted by Crippen LogP contribution is -2.41. The van der Waals surface area contributed by atoms with Gasteiger partial charge in [0.25, 0.3) is 0 Å². The fourth-order valence-corrected chi connectivity index (χ4v) is 2.32. The Labute approximate surface area is 119 Å². The zero-order valence-electron chi connectivity index (χ0n) is 12.3. The van der Waals surface area contributed by atoms with Crippen molar-refractivity contribution >= 4 is 16.6 Å². The van der Waals surface area contributed by atoms with E-state index in [2.05, 4.69) is 24.1 Å². The summed E-state index contributed by atoms with van der Waals surface area (Å²) in [7, 11) is 1.65. The summed E-state index contributed by atoms with van der Waals surface area (Å²) < 4.78 is 5.28. The minimum atomic E-state index is -0.329. The van der Waals surface area contributed by atoms with Crippen LogP contribution in [0, 0.1) is 0 Å². The monoisotopic (exact) mass is 274 g/mol. The van der Waals surface area contributed by atoms with Crippen LogP contribution >= 0.6 is 0 Å². The molecule has 0 bridgehead atoms. The second kappa shape index (κ2) is 6.09. The molecule has 0 fully saturated rings. The fraction of sp³-hybridized carbons (Fsp3) is 0.438. The van der Waals surface area contributed by atoms with E-state index < -0.39 is 0 Å². The van der Waals surface area contributed by atoms with Crippen molar-refractivity contribution in [3.05, 3.63) is 30.5 Å². The summed E-state index contributed by atoms with van der Waals surface area (Å²) >= 11 is 0. The van der Waals surface area contributed by atoms with Gasteiger partial charge in [0.1, 0.15) is 11.6 Å². The third kappa shape index (κ3) is 2.70. The van der Waals surface area contributed by atoms with E-state index in [-0.39, 0.29) is 12.1 Å². The lowest BCUT2D eigenvalue weighted by Gasteiger charge is -2.31. The third-order valence-corrected chi connectivity index (χ3v) is 4.01. The molecule has 1 aromatic heterocycles. The van der Waals surface area contributed by atoms with Gasteiger partial charge in [-0.05, 0) is 36.4 Å². The molecule has 1 heterocycles. The Balaban J connectivity index is 2.48. The average molecular weight is 274 g/mol. The van der Waals surface area contributed by atoms with Crippen LogP contribution in [-0.2, 0) is 0 Å². The summed E-state index contributed by atoms with van der Waals surface area (Å²) in [5, 5.41) is 15.2. The van der Waals surface area contributed by atoms with Gasteiger partial charge < -0.3 is 15.2 Å². The molecule has 0 unspecified atom stereocenters. The van der Waals surface area contributed by atoms with Crippen molar-refractivity contribution in [1.29, 1.82) is 0 Å². The van der Waals surface area contributed by atoms with Crippen LogP contribution < -0.4 is 10.1 Å². The Kier molecular flexibility index (Phi) is 4.45. The van der Waals surface area contributed by atoms with Crippen LogP contribution in [0.5, 0.6) is 5.75 Å². The zero-order valence-corrected chi connectivity index (χ0v) is 12.3. The van der Waals surface area contributed by atoms with Crippen LogP contribution in [0.3, 0.4) is 0 Å². The van der Waals surface area contributed by atoms with E-state index in [1.54, 1.807) is 13.3 Å². The summed E-state index contributed by atoms with van der Waals surface area (Å²) in [6, 6.07) is 7.89. The maximum absolute atomic E-state index is 9.70. The molecule has 4 heteroatoms. The van der Waals surface area contributed by atoms with E-state index in [9.17, 15) is 5.11 Å². The summed E-state index contributed by atoms with van der Waals surface area (Å²) in [5.74, 6) is 1.59. The summed E-state index contributed by atoms with van der Waals surface area (Å²) in [5.41, 5.74) is -0.329. The molecule has 20 heavy (non-hydrogen) atoms. The molecule has 0 aliphatic carbocycles. The number of nitrogens with zero attached hydrogens (tertiary/aromatic N) is 1. The number of benzene rings is 1. The quantitative estimate of drug-likeness (QED) is 0.849. The lowest BCUT2D eigenvalue weighted by atomic mass is 9.93. The summed E-state index contributed by atoms with van der Waals surface area (Å²) in [4.78, 5) is 4.43. The molecule has 0 spiro atoms. The first kappa shape index (κ1) is 14.6. The number of ether oxygens (including phenoxy) is 1. The molecule has 108 valence electrons. The second-order valence-electron chi connectivity index (χ2n) is 5.02. The van der Waals surface area contributed by atoms with Gasteiger partial charge in [-0.25, -0.2) is 4.98 Å². The highest BCUT2D eigenvalue weighted by molar-refractivity contribution is 5.93. The van der Waals surface area contributed by atoms with Crippen molar-refractivity contribution < 1.29 is 9.84 Å². The molecule has 2 rings (SSSR count). The van der Waals surface area contributed by atoms with Crippen molar-refractivity contribution in [1.82, 2.24) is 4.98 Å². The third-order valence-electron chi connectivity index (χ3n) is 4.01. The maximum Gasteiger partial charge on any atom is 0.134 e. The molecular weight excluding hydrogens is 252 g/mol. The second-order valence-corrected chi connectivity index (χ2v) is 5.02. The van der Waals surface area contributed by atoms with Crippen molar-refractivity contribution in [2.45, 2.75) is 32.2 Å². The number of hydrogen-bond acceptors (Lipinski definition) is 4. The van der Waals surface area contributed by atoms with Gasteiger partial charge in [-0.2, -0.15) is 0 Å². The standard InChI is InChI=1S/C16H22N2O2/c1-4-16(5-2,11-19)18-15-14-10-13(20-3)7-6-12(14)8-9-17-15/h6-10,19H,4-5,11H2,1-3H3,(H,17,18). The van der Waals surface area contributed by atoms with E-state index in [1.165, 1.54) is 0 Å². The fourth-order valence-electron chi connectivity index (χ4n) is 2.32. The molecule has 0 saturated carbocycles. The minimum absolute atomic E-state index is 0.0854. The smallest absolute Gasteiger partial charge is 0.134 e. The zero-order chi connectivity index (χ0) is 14.6. The predicted octanol–water partition coefficient (Wildman–Crippen LogP) is 3.21. The number of aromatic nitrogens is 1. The average Bonchev–Trinajstić information content (AvgIpc) is 2.52. The van der Waals surface area contributed by atoms with E-state index >= 15 is 0 Å². The van der Waals surface area contributed by atoms with Crippen LogP contribution in [0.2, 0.25) is 0 Å². The highest BCUT2D eigenvalue weighted by Crippen LogP contribution is 2.29. The Morgan fingerprint density at radius 1 is 1.25 bits per heavy atom. The molecule has 0 atom stereocenters. The first-order valence-electron chi connectivity index (χ1n) is 7.00. The Morgan fingerprint density at radius 3 is 2.60 bits per heavy atom. The summed E-state index contributed by atoms with van der Waals surface area (Å²) in [6.45, 7) is 4.22. The minimum Gasteiger partial charge on any atom is -0.497 e. The molecular formula is C16H22N2O2. The van der Waals surface area contributed by atoms with Gasteiger partial charge in [0.2, 0.25) is 0 Å². The number of rotatable bonds is 6. The lowest BCUT2D eigenvalue weighted by molar-refractivity contribution is 0.202. The molecule has 0 aliphatic rings. The van der Waals surface area contributed by atoms with E-state index in [1.807, 2.05) is 24.3 Å². The SMILES string of the molecule is CCC(CC)(CO)Nc1nccc2ccc(OC)cc12. The number of aliphatic hydroxyl groups is 1. The van der Waals surface area contributed by atoms with Gasteiger partial charge in [0.05, 0.1) is 19.3 Å². The number of pyridine rings is 1. The summed E-state index contributed by atoms with van der Waals surface area (Å²) in [6.07, 6.45) is 3.45. The topological polar surface area (TPSA) is 54.4 Å². The molecule has 2 N–H and O–H groups in total. The molecule has 0 amide bonds. The van der Waals surface area contributed by atoms with Crippen molar-refractivity contribution in [3.8, 4) is 5.75 Å². The predicted molar refractivity (Wildman–Crippen MR) is 82.3 cm³/mol. The van der Waals surface area contributed by atoms with Gasteiger partial charge in [-0.1, -0.05) is 19.9 Å². The van der Waals surface area contributed by atoms with Crippen LogP contribution in [0.15, 0.2) is 30.5 Å². The molecule has 0 aliphatic heterocycles. The number of aliphatic hydroxyl groups excluding tert-OH is 1. The highest BCUT2D eigenvalue weighted by atomic mass is 16.5. The van der Waals surface area contributed by atoms with Crippen LogP contribution in [0.25, 0.3) is 10.8 Å². The Morgan fingerprint density at radius 2 is 2.00 bits per heavy atom. The van der Waals surface area contributed by atoms with Crippen LogP contribution in [0.1, 0.15) is 26.7 Å². The van der Waals surface area contributed by atoms with Gasteiger partial charge in [-0.15, -0.1) is 0 Å². The molecule has 1 aromatic carbocycles. The molecule has 0 radical (unpaired) electrons. The number of nitrogens with one attached hydrogen (secondary N) is 1. The number of anilines is 1. The van der Waals surface area contributed by atoms with E-state index in [4.69, 9.17) is 4.74 Å². The first-order valence-corrected chi connectivity index (χ1v) is 7.00. The first-order chi connectivity index (χ1) is 9.68. The van der Waals surface area contributed by atoms with Crippen molar-refractivity contribution in [2.75, 3.05) is 19.0 Å². The highest BCUT2D eigenvalue weighted by Gasteiger charge is 2.25. The molecule has 2 aromatic rings. The Bertz CT molecular complexity index is 571. The maximum atomic E-state index is 9.70. The van der Waals surface area contributed by atoms with Gasteiger partial charge in [-0.3, -0.25) is 0 Å². The van der Waals surface area contributed by atoms with Crippen LogP contribution in [-0.4, -0.2) is 29.3 Å². The van der Waals surface area contributed by atoms with Gasteiger partial charge in [0, 0.05) is 11.6 Å². The largest absolute Gasteiger partial charge is 0.497 e. The van der Waals surface area contributed by atoms with Crippen molar-refractivity contribution in [3.63, 3.8) is 0 Å². The van der Waals surface area contributed by atoms with Gasteiger partial charge in [0.15, 0.2) is 0 Å². The molecule has 0 saturated heterocycles. The molecule has 4 nitrogen and oxygen atoms in total. The normalized spacial score (nSPS) is 11.6. The van der Waals surface area contributed by atoms with Crippen LogP contribution in [0.4, 0.5) is 5.82 Å². The van der Waals surface area contributed by atoms with Crippen molar-refractivity contribution in [2.24, 2.45) is 0 Å². The number of methoxy groups -OCH3 is 1. The number of fused-ring (bicyclic) bond motifs is 1.